The Kier molecular flexibility index (Phi) is 5.77. The standard InChI is InChI=1S/C23H29FN6O2/c1-4-26-19-11-14(24)10-17-20(19)28-22(32)23(17,2)30-9-5-6-16(13-30)29(3)15-7-8-18(21(25)31)27-12-15/h7-8,10-12,16,26H,4-6,9,13H2,1-3H3,(H2,25,31)(H,28,32)/t16?,23-/m1/s1. The number of piperidine rings is 1. The first-order valence-electron chi connectivity index (χ1n) is 10.9. The van der Waals surface area contributed by atoms with Gasteiger partial charge in [-0.2, -0.15) is 0 Å². The highest BCUT2D eigenvalue weighted by Crippen LogP contribution is 2.45. The number of carbonyl (C=O) groups is 2. The fraction of sp³-hybridized carbons (Fsp3) is 0.435. The number of nitrogens with one attached hydrogen (secondary N) is 2. The van der Waals surface area contributed by atoms with E-state index in [1.807, 2.05) is 27.0 Å². The van der Waals surface area contributed by atoms with E-state index < -0.39 is 11.4 Å². The second kappa shape index (κ2) is 8.38. The number of likely N-dealkylation sites (tertiary alicyclic amines) is 1. The van der Waals surface area contributed by atoms with E-state index in [-0.39, 0.29) is 23.5 Å². The van der Waals surface area contributed by atoms with Crippen LogP contribution in [0.3, 0.4) is 0 Å². The molecule has 2 atom stereocenters. The highest BCUT2D eigenvalue weighted by molar-refractivity contribution is 6.08. The summed E-state index contributed by atoms with van der Waals surface area (Å²) in [5.41, 5.74) is 7.33. The van der Waals surface area contributed by atoms with Crippen LogP contribution in [0, 0.1) is 5.82 Å². The maximum Gasteiger partial charge on any atom is 0.267 e. The van der Waals surface area contributed by atoms with Gasteiger partial charge in [0.25, 0.3) is 5.91 Å². The molecule has 2 aliphatic rings. The van der Waals surface area contributed by atoms with E-state index in [9.17, 15) is 14.0 Å². The Balaban J connectivity index is 1.61. The molecule has 4 N–H and O–H groups in total. The minimum Gasteiger partial charge on any atom is -0.384 e. The Bertz CT molecular complexity index is 1040. The maximum atomic E-state index is 14.5. The number of hydrogen-bond donors (Lipinski definition) is 3. The van der Waals surface area contributed by atoms with Crippen LogP contribution in [-0.4, -0.2) is 54.4 Å². The van der Waals surface area contributed by atoms with Crippen LogP contribution in [0.4, 0.5) is 21.5 Å². The number of likely N-dealkylation sites (N-methyl/N-ethyl adjacent to an activating group) is 1. The lowest BCUT2D eigenvalue weighted by atomic mass is 9.88. The molecule has 1 aromatic heterocycles. The zero-order valence-corrected chi connectivity index (χ0v) is 18.6. The number of nitrogens with two attached hydrogens (primary N) is 1. The number of pyridine rings is 1. The zero-order chi connectivity index (χ0) is 23.0. The summed E-state index contributed by atoms with van der Waals surface area (Å²) in [7, 11) is 1.98. The van der Waals surface area contributed by atoms with Crippen molar-refractivity contribution in [2.45, 2.75) is 38.3 Å². The second-order valence-corrected chi connectivity index (χ2v) is 8.55. The quantitative estimate of drug-likeness (QED) is 0.638. The van der Waals surface area contributed by atoms with E-state index >= 15 is 0 Å². The van der Waals surface area contributed by atoms with Gasteiger partial charge >= 0.3 is 0 Å². The highest BCUT2D eigenvalue weighted by Gasteiger charge is 2.49. The lowest BCUT2D eigenvalue weighted by Gasteiger charge is -2.45. The van der Waals surface area contributed by atoms with Gasteiger partial charge in [0.2, 0.25) is 5.91 Å². The molecule has 2 aromatic rings. The summed E-state index contributed by atoms with van der Waals surface area (Å²) in [5.74, 6) is -1.08. The van der Waals surface area contributed by atoms with Gasteiger partial charge in [-0.05, 0) is 57.5 Å². The number of halogens is 1. The molecule has 1 unspecified atom stereocenters. The number of primary amides is 1. The van der Waals surface area contributed by atoms with E-state index in [0.717, 1.165) is 25.1 Å². The molecule has 1 fully saturated rings. The zero-order valence-electron chi connectivity index (χ0n) is 18.6. The third-order valence-corrected chi connectivity index (χ3v) is 6.66. The Hall–Kier alpha value is -3.20. The number of benzene rings is 1. The van der Waals surface area contributed by atoms with Crippen LogP contribution in [0.25, 0.3) is 0 Å². The molecule has 2 amide bonds. The summed E-state index contributed by atoms with van der Waals surface area (Å²) < 4.78 is 14.5. The fourth-order valence-electron chi connectivity index (χ4n) is 4.76. The molecule has 170 valence electrons. The van der Waals surface area contributed by atoms with Crippen LogP contribution in [0.5, 0.6) is 0 Å². The first-order chi connectivity index (χ1) is 15.3. The summed E-state index contributed by atoms with van der Waals surface area (Å²) >= 11 is 0. The van der Waals surface area contributed by atoms with Gasteiger partial charge in [-0.3, -0.25) is 14.5 Å². The molecule has 0 saturated carbocycles. The number of aromatic nitrogens is 1. The van der Waals surface area contributed by atoms with Crippen molar-refractivity contribution < 1.29 is 14.0 Å². The van der Waals surface area contributed by atoms with E-state index in [1.54, 1.807) is 12.3 Å². The molecular formula is C23H29FN6O2. The van der Waals surface area contributed by atoms with Gasteiger partial charge in [0.1, 0.15) is 17.1 Å². The molecular weight excluding hydrogens is 411 g/mol. The van der Waals surface area contributed by atoms with Crippen molar-refractivity contribution in [3.8, 4) is 0 Å². The molecule has 3 heterocycles. The summed E-state index contributed by atoms with van der Waals surface area (Å²) in [6.45, 7) is 5.80. The Morgan fingerprint density at radius 1 is 1.44 bits per heavy atom. The van der Waals surface area contributed by atoms with Gasteiger partial charge in [0, 0.05) is 31.7 Å². The average molecular weight is 441 g/mol. The number of fused-ring (bicyclic) bond motifs is 1. The molecule has 0 radical (unpaired) electrons. The van der Waals surface area contributed by atoms with Crippen molar-refractivity contribution in [2.24, 2.45) is 5.73 Å². The van der Waals surface area contributed by atoms with Gasteiger partial charge < -0.3 is 21.3 Å². The first kappa shape index (κ1) is 22.0. The minimum absolute atomic E-state index is 0.125. The highest BCUT2D eigenvalue weighted by atomic mass is 19.1. The smallest absolute Gasteiger partial charge is 0.267 e. The molecule has 0 aliphatic carbocycles. The van der Waals surface area contributed by atoms with Crippen molar-refractivity contribution in [3.05, 3.63) is 47.5 Å². The molecule has 8 nitrogen and oxygen atoms in total. The predicted octanol–water partition coefficient (Wildman–Crippen LogP) is 2.52. The van der Waals surface area contributed by atoms with Crippen LogP contribution in [-0.2, 0) is 10.3 Å². The molecule has 0 spiro atoms. The Labute approximate surface area is 187 Å². The van der Waals surface area contributed by atoms with Crippen molar-refractivity contribution >= 4 is 28.9 Å². The Morgan fingerprint density at radius 2 is 2.22 bits per heavy atom. The molecule has 9 heteroatoms. The number of anilines is 3. The van der Waals surface area contributed by atoms with Gasteiger partial charge in [0.05, 0.1) is 23.3 Å². The third kappa shape index (κ3) is 3.66. The second-order valence-electron chi connectivity index (χ2n) is 8.55. The van der Waals surface area contributed by atoms with Crippen molar-refractivity contribution in [1.82, 2.24) is 9.88 Å². The third-order valence-electron chi connectivity index (χ3n) is 6.66. The normalized spacial score (nSPS) is 22.9. The van der Waals surface area contributed by atoms with E-state index in [2.05, 4.69) is 25.4 Å². The van der Waals surface area contributed by atoms with Crippen LogP contribution < -0.4 is 21.3 Å². The summed E-state index contributed by atoms with van der Waals surface area (Å²) in [4.78, 5) is 32.9. The van der Waals surface area contributed by atoms with Gasteiger partial charge in [0.15, 0.2) is 0 Å². The molecule has 32 heavy (non-hydrogen) atoms. The number of rotatable bonds is 6. The SMILES string of the molecule is CCNc1cc(F)cc2c1NC(=O)[C@]2(C)N1CCCC(N(C)c2ccc(C(N)=O)nc2)C1. The maximum absolute atomic E-state index is 14.5. The first-order valence-corrected chi connectivity index (χ1v) is 10.9. The van der Waals surface area contributed by atoms with Crippen LogP contribution in [0.1, 0.15) is 42.7 Å². The fourth-order valence-corrected chi connectivity index (χ4v) is 4.76. The van der Waals surface area contributed by atoms with Gasteiger partial charge in [-0.25, -0.2) is 9.37 Å². The number of nitrogens with zero attached hydrogens (tertiary/aromatic N) is 3. The van der Waals surface area contributed by atoms with E-state index in [0.29, 0.717) is 30.0 Å². The lowest BCUT2D eigenvalue weighted by Crippen LogP contribution is -2.56. The van der Waals surface area contributed by atoms with E-state index in [1.165, 1.54) is 12.1 Å². The van der Waals surface area contributed by atoms with Crippen molar-refractivity contribution in [1.29, 1.82) is 0 Å². The summed E-state index contributed by atoms with van der Waals surface area (Å²) in [6.07, 6.45) is 3.48. The topological polar surface area (TPSA) is 104 Å². The monoisotopic (exact) mass is 440 g/mol. The Morgan fingerprint density at radius 3 is 2.88 bits per heavy atom. The van der Waals surface area contributed by atoms with Crippen LogP contribution in [0.15, 0.2) is 30.5 Å². The van der Waals surface area contributed by atoms with E-state index in [4.69, 9.17) is 5.73 Å². The van der Waals surface area contributed by atoms with Gasteiger partial charge in [-0.1, -0.05) is 0 Å². The summed E-state index contributed by atoms with van der Waals surface area (Å²) in [5, 5.41) is 6.13. The number of amides is 2. The average Bonchev–Trinajstić information content (AvgIpc) is 3.05. The van der Waals surface area contributed by atoms with Crippen molar-refractivity contribution in [2.75, 3.05) is 42.2 Å². The van der Waals surface area contributed by atoms with Crippen LogP contribution in [0.2, 0.25) is 0 Å². The molecule has 0 bridgehead atoms. The summed E-state index contributed by atoms with van der Waals surface area (Å²) in [6, 6.07) is 6.45. The number of hydrogen-bond acceptors (Lipinski definition) is 6. The largest absolute Gasteiger partial charge is 0.384 e. The molecule has 2 aliphatic heterocycles. The molecule has 4 rings (SSSR count). The number of carbonyl (C=O) groups excluding carboxylic acids is 2. The molecule has 1 saturated heterocycles. The van der Waals surface area contributed by atoms with Crippen molar-refractivity contribution in [3.63, 3.8) is 0 Å². The molecule has 1 aromatic carbocycles. The van der Waals surface area contributed by atoms with Gasteiger partial charge in [-0.15, -0.1) is 0 Å². The minimum atomic E-state index is -0.963. The predicted molar refractivity (Wildman–Crippen MR) is 122 cm³/mol. The lowest BCUT2D eigenvalue weighted by molar-refractivity contribution is -0.127. The van der Waals surface area contributed by atoms with Crippen LogP contribution >= 0.6 is 0 Å².